The summed E-state index contributed by atoms with van der Waals surface area (Å²) in [5.74, 6) is 0.182. The lowest BCUT2D eigenvalue weighted by atomic mass is 10.1. The van der Waals surface area contributed by atoms with Gasteiger partial charge in [0.15, 0.2) is 0 Å². The molecule has 0 radical (unpaired) electrons. The normalized spacial score (nSPS) is 10.9. The average Bonchev–Trinajstić information content (AvgIpc) is 2.70. The number of amides is 1. The zero-order valence-electron chi connectivity index (χ0n) is 7.90. The van der Waals surface area contributed by atoms with Crippen molar-refractivity contribution in [3.05, 3.63) is 36.2 Å². The van der Waals surface area contributed by atoms with Crippen LogP contribution >= 0.6 is 0 Å². The molecule has 1 aromatic heterocycles. The smallest absolute Gasteiger partial charge is 0.211 e. The molecule has 1 heterocycles. The second-order valence-electron chi connectivity index (χ2n) is 3.06. The molecule has 0 spiro atoms. The molecule has 0 aliphatic rings. The second kappa shape index (κ2) is 3.88. The van der Waals surface area contributed by atoms with E-state index in [9.17, 15) is 9.90 Å². The summed E-state index contributed by atoms with van der Waals surface area (Å²) in [7, 11) is 0. The first-order valence-electron chi connectivity index (χ1n) is 4.48. The van der Waals surface area contributed by atoms with Gasteiger partial charge < -0.3 is 15.4 Å². The monoisotopic (exact) mass is 202 g/mol. The lowest BCUT2D eigenvalue weighted by Crippen LogP contribution is -1.97. The highest BCUT2D eigenvalue weighted by Crippen LogP contribution is 2.27. The number of phenolic OH excluding ortho intramolecular Hbond substituents is 1. The third kappa shape index (κ3) is 1.69. The molecule has 0 saturated heterocycles. The summed E-state index contributed by atoms with van der Waals surface area (Å²) in [6.07, 6.45) is 5.43. The minimum absolute atomic E-state index is 0.182. The number of aromatic amines is 1. The molecule has 0 atom stereocenters. The van der Waals surface area contributed by atoms with Crippen LogP contribution in [-0.2, 0) is 4.79 Å². The average molecular weight is 202 g/mol. The largest absolute Gasteiger partial charge is 0.505 e. The van der Waals surface area contributed by atoms with E-state index in [-0.39, 0.29) is 5.75 Å². The molecule has 2 rings (SSSR count). The fraction of sp³-hybridized carbons (Fsp3) is 0. The van der Waals surface area contributed by atoms with Crippen LogP contribution in [0.5, 0.6) is 5.75 Å². The number of aromatic hydroxyl groups is 1. The fourth-order valence-electron chi connectivity index (χ4n) is 1.44. The first kappa shape index (κ1) is 9.33. The van der Waals surface area contributed by atoms with Crippen molar-refractivity contribution in [3.63, 3.8) is 0 Å². The van der Waals surface area contributed by atoms with Crippen LogP contribution in [-0.4, -0.2) is 16.5 Å². The molecule has 76 valence electrons. The van der Waals surface area contributed by atoms with Crippen LogP contribution in [0.1, 0.15) is 5.56 Å². The molecular weight excluding hydrogens is 192 g/mol. The molecule has 0 unspecified atom stereocenters. The van der Waals surface area contributed by atoms with E-state index < -0.39 is 0 Å². The summed E-state index contributed by atoms with van der Waals surface area (Å²) in [6.45, 7) is 0. The first-order chi connectivity index (χ1) is 7.33. The van der Waals surface area contributed by atoms with E-state index in [0.717, 1.165) is 5.39 Å². The summed E-state index contributed by atoms with van der Waals surface area (Å²) in [4.78, 5) is 13.0. The predicted octanol–water partition coefficient (Wildman–Crippen LogP) is 1.59. The minimum Gasteiger partial charge on any atom is -0.505 e. The van der Waals surface area contributed by atoms with Gasteiger partial charge in [0.1, 0.15) is 5.75 Å². The number of phenols is 1. The summed E-state index contributed by atoms with van der Waals surface area (Å²) < 4.78 is 0. The minimum atomic E-state index is 0.182. The third-order valence-electron chi connectivity index (χ3n) is 2.16. The van der Waals surface area contributed by atoms with Gasteiger partial charge in [-0.05, 0) is 12.1 Å². The van der Waals surface area contributed by atoms with Crippen molar-refractivity contribution in [2.24, 2.45) is 0 Å². The number of carbonyl (C=O) groups is 1. The number of nitrogens with one attached hydrogen (secondary N) is 2. The molecular formula is C11H10N2O2. The Morgan fingerprint density at radius 3 is 3.00 bits per heavy atom. The van der Waals surface area contributed by atoms with Crippen LogP contribution < -0.4 is 5.32 Å². The molecule has 1 aromatic carbocycles. The molecule has 15 heavy (non-hydrogen) atoms. The van der Waals surface area contributed by atoms with Crippen molar-refractivity contribution in [3.8, 4) is 5.75 Å². The second-order valence-corrected chi connectivity index (χ2v) is 3.06. The van der Waals surface area contributed by atoms with Crippen LogP contribution in [0.4, 0.5) is 0 Å². The standard InChI is InChI=1S/C11H10N2O2/c14-7-12-5-3-9-2-1-8-4-6-13-10(8)11(9)15/h1-7,13,15H,(H,12,14). The van der Waals surface area contributed by atoms with Crippen molar-refractivity contribution in [1.82, 2.24) is 10.3 Å². The summed E-state index contributed by atoms with van der Waals surface area (Å²) in [5, 5.41) is 13.2. The Morgan fingerprint density at radius 2 is 2.20 bits per heavy atom. The van der Waals surface area contributed by atoms with Crippen LogP contribution in [0.3, 0.4) is 0 Å². The number of fused-ring (bicyclic) bond motifs is 1. The maximum absolute atomic E-state index is 10.0. The van der Waals surface area contributed by atoms with E-state index in [2.05, 4.69) is 10.3 Å². The van der Waals surface area contributed by atoms with Gasteiger partial charge in [-0.1, -0.05) is 12.1 Å². The van der Waals surface area contributed by atoms with Crippen molar-refractivity contribution in [2.75, 3.05) is 0 Å². The van der Waals surface area contributed by atoms with Gasteiger partial charge in [0.05, 0.1) is 5.52 Å². The third-order valence-corrected chi connectivity index (χ3v) is 2.16. The molecule has 4 nitrogen and oxygen atoms in total. The molecule has 0 bridgehead atoms. The van der Waals surface area contributed by atoms with Gasteiger partial charge >= 0.3 is 0 Å². The molecule has 0 aliphatic heterocycles. The number of H-pyrrole nitrogens is 1. The van der Waals surface area contributed by atoms with Gasteiger partial charge in [-0.3, -0.25) is 4.79 Å². The van der Waals surface area contributed by atoms with Crippen molar-refractivity contribution >= 4 is 23.4 Å². The Morgan fingerprint density at radius 1 is 1.33 bits per heavy atom. The Bertz CT molecular complexity index is 514. The number of rotatable bonds is 3. The van der Waals surface area contributed by atoms with Gasteiger partial charge in [0.25, 0.3) is 0 Å². The van der Waals surface area contributed by atoms with Gasteiger partial charge in [-0.15, -0.1) is 0 Å². The number of carbonyl (C=O) groups excluding carboxylic acids is 1. The maximum atomic E-state index is 10.0. The van der Waals surface area contributed by atoms with E-state index in [1.54, 1.807) is 18.3 Å². The van der Waals surface area contributed by atoms with Gasteiger partial charge in [-0.25, -0.2) is 0 Å². The van der Waals surface area contributed by atoms with Crippen molar-refractivity contribution in [1.29, 1.82) is 0 Å². The van der Waals surface area contributed by atoms with Crippen molar-refractivity contribution < 1.29 is 9.90 Å². The highest BCUT2D eigenvalue weighted by atomic mass is 16.3. The summed E-state index contributed by atoms with van der Waals surface area (Å²) in [6, 6.07) is 5.56. The molecule has 0 saturated carbocycles. The fourth-order valence-corrected chi connectivity index (χ4v) is 1.44. The predicted molar refractivity (Wildman–Crippen MR) is 58.2 cm³/mol. The van der Waals surface area contributed by atoms with E-state index in [1.165, 1.54) is 6.20 Å². The van der Waals surface area contributed by atoms with E-state index >= 15 is 0 Å². The Hall–Kier alpha value is -2.23. The Kier molecular flexibility index (Phi) is 2.41. The van der Waals surface area contributed by atoms with Crippen LogP contribution in [0, 0.1) is 0 Å². The van der Waals surface area contributed by atoms with Crippen LogP contribution in [0.15, 0.2) is 30.6 Å². The molecule has 0 fully saturated rings. The quantitative estimate of drug-likeness (QED) is 0.662. The lowest BCUT2D eigenvalue weighted by Gasteiger charge is -2.00. The van der Waals surface area contributed by atoms with Gasteiger partial charge in [0, 0.05) is 23.3 Å². The van der Waals surface area contributed by atoms with E-state index in [1.807, 2.05) is 12.1 Å². The molecule has 1 amide bonds. The maximum Gasteiger partial charge on any atom is 0.211 e. The lowest BCUT2D eigenvalue weighted by molar-refractivity contribution is -0.108. The van der Waals surface area contributed by atoms with E-state index in [4.69, 9.17) is 0 Å². The van der Waals surface area contributed by atoms with E-state index in [0.29, 0.717) is 17.5 Å². The van der Waals surface area contributed by atoms with Crippen molar-refractivity contribution in [2.45, 2.75) is 0 Å². The molecule has 0 aliphatic carbocycles. The topological polar surface area (TPSA) is 65.1 Å². The first-order valence-corrected chi connectivity index (χ1v) is 4.48. The van der Waals surface area contributed by atoms with Crippen LogP contribution in [0.25, 0.3) is 17.0 Å². The Balaban J connectivity index is 2.43. The van der Waals surface area contributed by atoms with Crippen LogP contribution in [0.2, 0.25) is 0 Å². The van der Waals surface area contributed by atoms with Gasteiger partial charge in [0.2, 0.25) is 6.41 Å². The highest BCUT2D eigenvalue weighted by Gasteiger charge is 2.03. The number of hydrogen-bond donors (Lipinski definition) is 3. The van der Waals surface area contributed by atoms with Gasteiger partial charge in [-0.2, -0.15) is 0 Å². The number of hydrogen-bond acceptors (Lipinski definition) is 2. The SMILES string of the molecule is O=CNC=Cc1ccc2cc[nH]c2c1O. The Labute approximate surface area is 86.2 Å². The zero-order valence-corrected chi connectivity index (χ0v) is 7.90. The summed E-state index contributed by atoms with van der Waals surface area (Å²) >= 11 is 0. The molecule has 3 N–H and O–H groups in total. The summed E-state index contributed by atoms with van der Waals surface area (Å²) in [5.41, 5.74) is 1.35. The molecule has 4 heteroatoms. The highest BCUT2D eigenvalue weighted by molar-refractivity contribution is 5.88. The molecule has 2 aromatic rings. The number of benzene rings is 1. The zero-order chi connectivity index (χ0) is 10.7. The number of aromatic nitrogens is 1.